The summed E-state index contributed by atoms with van der Waals surface area (Å²) in [5, 5.41) is 19.2. The second kappa shape index (κ2) is 5.53. The van der Waals surface area contributed by atoms with Crippen LogP contribution in [0.1, 0.15) is 21.6 Å². The van der Waals surface area contributed by atoms with Crippen LogP contribution < -0.4 is 10.9 Å². The molecule has 0 saturated heterocycles. The normalized spacial score (nSPS) is 10.2. The van der Waals surface area contributed by atoms with E-state index in [1.807, 2.05) is 0 Å². The molecule has 1 amide bonds. The summed E-state index contributed by atoms with van der Waals surface area (Å²) in [6, 6.07) is 5.31. The van der Waals surface area contributed by atoms with Gasteiger partial charge in [-0.25, -0.2) is 5.10 Å². The molecule has 0 saturated carbocycles. The number of nitrogens with one attached hydrogen (secondary N) is 2. The first kappa shape index (κ1) is 14.4. The Balaban J connectivity index is 2.36. The number of nitrogens with zero attached hydrogens (tertiary/aromatic N) is 2. The molecule has 108 valence electrons. The van der Waals surface area contributed by atoms with Gasteiger partial charge in [-0.1, -0.05) is 0 Å². The highest BCUT2D eigenvalue weighted by atomic mass is 16.6. The highest BCUT2D eigenvalue weighted by molar-refractivity contribution is 6.04. The van der Waals surface area contributed by atoms with E-state index < -0.39 is 16.4 Å². The smallest absolute Gasteiger partial charge is 0.293 e. The molecule has 1 aromatic heterocycles. The number of anilines is 1. The number of nitro groups is 1. The van der Waals surface area contributed by atoms with Crippen molar-refractivity contribution in [1.29, 1.82) is 0 Å². The lowest BCUT2D eigenvalue weighted by molar-refractivity contribution is -0.384. The molecule has 0 aliphatic carbocycles. The topological polar surface area (TPSA) is 118 Å². The lowest BCUT2D eigenvalue weighted by Gasteiger charge is -2.08. The molecule has 0 radical (unpaired) electrons. The lowest BCUT2D eigenvalue weighted by Crippen LogP contribution is -2.18. The first-order valence-electron chi connectivity index (χ1n) is 6.01. The maximum Gasteiger partial charge on any atom is 0.293 e. The van der Waals surface area contributed by atoms with Crippen LogP contribution in [-0.2, 0) is 0 Å². The minimum Gasteiger partial charge on any atom is -0.315 e. The third kappa shape index (κ3) is 3.11. The third-order valence-electron chi connectivity index (χ3n) is 2.97. The van der Waals surface area contributed by atoms with Crippen LogP contribution in [0, 0.1) is 24.0 Å². The van der Waals surface area contributed by atoms with Crippen molar-refractivity contribution in [1.82, 2.24) is 10.2 Å². The van der Waals surface area contributed by atoms with Gasteiger partial charge in [0, 0.05) is 12.1 Å². The molecule has 0 bridgehead atoms. The van der Waals surface area contributed by atoms with Crippen LogP contribution in [0.15, 0.2) is 29.1 Å². The van der Waals surface area contributed by atoms with E-state index in [9.17, 15) is 19.7 Å². The van der Waals surface area contributed by atoms with E-state index in [-0.39, 0.29) is 17.1 Å². The fraction of sp³-hybridized carbons (Fsp3) is 0.154. The predicted octanol–water partition coefficient (Wildman–Crippen LogP) is 1.55. The number of hydrogen-bond acceptors (Lipinski definition) is 5. The number of rotatable bonds is 3. The Kier molecular flexibility index (Phi) is 3.79. The van der Waals surface area contributed by atoms with Crippen molar-refractivity contribution in [2.75, 3.05) is 5.32 Å². The Labute approximate surface area is 119 Å². The van der Waals surface area contributed by atoms with Gasteiger partial charge in [0.2, 0.25) is 0 Å². The number of aromatic nitrogens is 2. The Morgan fingerprint density at radius 3 is 2.52 bits per heavy atom. The van der Waals surface area contributed by atoms with Crippen LogP contribution in [-0.4, -0.2) is 21.0 Å². The largest absolute Gasteiger partial charge is 0.315 e. The Morgan fingerprint density at radius 1 is 1.29 bits per heavy atom. The number of aryl methyl sites for hydroxylation is 2. The summed E-state index contributed by atoms with van der Waals surface area (Å²) in [6.45, 7) is 3.53. The molecule has 2 N–H and O–H groups in total. The van der Waals surface area contributed by atoms with Crippen molar-refractivity contribution in [3.05, 3.63) is 61.6 Å². The predicted molar refractivity (Wildman–Crippen MR) is 75.4 cm³/mol. The summed E-state index contributed by atoms with van der Waals surface area (Å²) >= 11 is 0. The number of amides is 1. The summed E-state index contributed by atoms with van der Waals surface area (Å²) in [5.41, 5.74) is 0.968. The van der Waals surface area contributed by atoms with Gasteiger partial charge in [-0.15, -0.1) is 0 Å². The van der Waals surface area contributed by atoms with Crippen molar-refractivity contribution in [2.24, 2.45) is 0 Å². The zero-order valence-electron chi connectivity index (χ0n) is 11.3. The van der Waals surface area contributed by atoms with Gasteiger partial charge < -0.3 is 5.32 Å². The molecule has 21 heavy (non-hydrogen) atoms. The van der Waals surface area contributed by atoms with Crippen molar-refractivity contribution < 1.29 is 9.72 Å². The molecule has 2 rings (SSSR count). The van der Waals surface area contributed by atoms with Crippen LogP contribution in [0.2, 0.25) is 0 Å². The fourth-order valence-electron chi connectivity index (χ4n) is 1.71. The maximum absolute atomic E-state index is 12.0. The first-order chi connectivity index (χ1) is 9.88. The quantitative estimate of drug-likeness (QED) is 0.656. The Morgan fingerprint density at radius 2 is 1.95 bits per heavy atom. The molecule has 1 heterocycles. The van der Waals surface area contributed by atoms with E-state index in [0.717, 1.165) is 17.2 Å². The van der Waals surface area contributed by atoms with Gasteiger partial charge in [0.05, 0.1) is 4.92 Å². The summed E-state index contributed by atoms with van der Waals surface area (Å²) < 4.78 is 0. The lowest BCUT2D eigenvalue weighted by atomic mass is 10.1. The van der Waals surface area contributed by atoms with Gasteiger partial charge in [-0.3, -0.25) is 19.7 Å². The van der Waals surface area contributed by atoms with Crippen LogP contribution >= 0.6 is 0 Å². The van der Waals surface area contributed by atoms with E-state index in [1.165, 1.54) is 18.2 Å². The molecule has 8 heteroatoms. The first-order valence-corrected chi connectivity index (χ1v) is 6.01. The number of carbonyl (C=O) groups is 1. The molecule has 0 unspecified atom stereocenters. The highest BCUT2D eigenvalue weighted by Crippen LogP contribution is 2.28. The fourth-order valence-corrected chi connectivity index (χ4v) is 1.71. The number of H-pyrrole nitrogens is 1. The van der Waals surface area contributed by atoms with Crippen LogP contribution in [0.3, 0.4) is 0 Å². The van der Waals surface area contributed by atoms with E-state index in [2.05, 4.69) is 15.5 Å². The zero-order chi connectivity index (χ0) is 15.6. The van der Waals surface area contributed by atoms with Crippen molar-refractivity contribution >= 4 is 17.3 Å². The number of aromatic amines is 1. The third-order valence-corrected chi connectivity index (χ3v) is 2.97. The molecule has 2 aromatic rings. The number of hydrogen-bond donors (Lipinski definition) is 2. The van der Waals surface area contributed by atoms with Gasteiger partial charge in [0.15, 0.2) is 0 Å². The molecule has 0 atom stereocenters. The summed E-state index contributed by atoms with van der Waals surface area (Å²) in [6.07, 6.45) is 0. The van der Waals surface area contributed by atoms with E-state index in [4.69, 9.17) is 0 Å². The van der Waals surface area contributed by atoms with Crippen LogP contribution in [0.4, 0.5) is 11.4 Å². The maximum atomic E-state index is 12.0. The SMILES string of the molecule is Cc1cc(NC(=O)c2ccc(=O)[nH]n2)c([N+](=O)[O-])cc1C. The molecule has 8 nitrogen and oxygen atoms in total. The molecule has 0 fully saturated rings. The van der Waals surface area contributed by atoms with E-state index in [0.29, 0.717) is 0 Å². The van der Waals surface area contributed by atoms with Crippen molar-refractivity contribution in [3.63, 3.8) is 0 Å². The minimum absolute atomic E-state index is 0.0397. The highest BCUT2D eigenvalue weighted by Gasteiger charge is 2.18. The second-order valence-electron chi connectivity index (χ2n) is 4.47. The zero-order valence-corrected chi connectivity index (χ0v) is 11.3. The van der Waals surface area contributed by atoms with Gasteiger partial charge in [-0.05, 0) is 37.1 Å². The van der Waals surface area contributed by atoms with Gasteiger partial charge in [0.1, 0.15) is 11.4 Å². The Hall–Kier alpha value is -3.03. The number of benzene rings is 1. The molecule has 0 aliphatic heterocycles. The second-order valence-corrected chi connectivity index (χ2v) is 4.47. The number of carbonyl (C=O) groups excluding carboxylic acids is 1. The molecule has 1 aromatic carbocycles. The van der Waals surface area contributed by atoms with Gasteiger partial charge in [-0.2, -0.15) is 5.10 Å². The molecular formula is C13H12N4O4. The van der Waals surface area contributed by atoms with Crippen LogP contribution in [0.25, 0.3) is 0 Å². The average molecular weight is 288 g/mol. The van der Waals surface area contributed by atoms with Gasteiger partial charge in [0.25, 0.3) is 17.2 Å². The summed E-state index contributed by atoms with van der Waals surface area (Å²) in [4.78, 5) is 33.3. The molecule has 0 aliphatic rings. The summed E-state index contributed by atoms with van der Waals surface area (Å²) in [7, 11) is 0. The van der Waals surface area contributed by atoms with Gasteiger partial charge >= 0.3 is 0 Å². The number of nitro benzene ring substituents is 1. The van der Waals surface area contributed by atoms with E-state index >= 15 is 0 Å². The molecule has 0 spiro atoms. The standard InChI is InChI=1S/C13H12N4O4/c1-7-5-10(11(17(20)21)6-8(7)2)14-13(19)9-3-4-12(18)16-15-9/h3-6H,1-2H3,(H,14,19)(H,16,18). The Bertz CT molecular complexity index is 762. The minimum atomic E-state index is -0.641. The molecular weight excluding hydrogens is 276 g/mol. The van der Waals surface area contributed by atoms with Crippen LogP contribution in [0.5, 0.6) is 0 Å². The van der Waals surface area contributed by atoms with Crippen molar-refractivity contribution in [2.45, 2.75) is 13.8 Å². The van der Waals surface area contributed by atoms with Crippen molar-refractivity contribution in [3.8, 4) is 0 Å². The summed E-state index contributed by atoms with van der Waals surface area (Å²) in [5.74, 6) is -0.641. The monoisotopic (exact) mass is 288 g/mol. The van der Waals surface area contributed by atoms with E-state index in [1.54, 1.807) is 13.8 Å². The average Bonchev–Trinajstić information content (AvgIpc) is 2.43.